The molecule has 3 aromatic rings. The van der Waals surface area contributed by atoms with Crippen LogP contribution in [0.1, 0.15) is 20.9 Å². The summed E-state index contributed by atoms with van der Waals surface area (Å²) in [4.78, 5) is 31.9. The van der Waals surface area contributed by atoms with Crippen molar-refractivity contribution in [3.8, 4) is 0 Å². The number of carbonyl (C=O) groups is 2. The molecule has 0 atom stereocenters. The van der Waals surface area contributed by atoms with Crippen molar-refractivity contribution in [1.29, 1.82) is 0 Å². The van der Waals surface area contributed by atoms with Crippen molar-refractivity contribution in [1.82, 2.24) is 9.97 Å². The van der Waals surface area contributed by atoms with Crippen LogP contribution in [0, 0.1) is 0 Å². The average molecular weight is 377 g/mol. The number of anilines is 2. The van der Waals surface area contributed by atoms with Crippen LogP contribution in [0.5, 0.6) is 0 Å². The molecule has 0 unspecified atom stereocenters. The molecule has 0 radical (unpaired) electrons. The fourth-order valence-corrected chi connectivity index (χ4v) is 2.56. The van der Waals surface area contributed by atoms with Gasteiger partial charge in [0.2, 0.25) is 5.76 Å². The molecule has 9 heteroatoms. The maximum Gasteiger partial charge on any atom is 0.294 e. The number of hydrogen-bond donors (Lipinski definition) is 2. The van der Waals surface area contributed by atoms with Gasteiger partial charge in [-0.1, -0.05) is 29.3 Å². The number of hydrogen-bond acceptors (Lipinski definition) is 5. The van der Waals surface area contributed by atoms with Crippen LogP contribution < -0.4 is 10.6 Å². The fraction of sp³-hybridized carbons (Fsp3) is 0. The van der Waals surface area contributed by atoms with Gasteiger partial charge in [-0.3, -0.25) is 9.59 Å². The highest BCUT2D eigenvalue weighted by molar-refractivity contribution is 6.40. The second kappa shape index (κ2) is 7.33. The number of nitrogens with zero attached hydrogens (tertiary/aromatic N) is 2. The van der Waals surface area contributed by atoms with Crippen molar-refractivity contribution >= 4 is 46.5 Å². The first-order valence-electron chi connectivity index (χ1n) is 6.96. The number of halogens is 2. The Kier molecular flexibility index (Phi) is 4.97. The third kappa shape index (κ3) is 3.96. The van der Waals surface area contributed by atoms with Crippen LogP contribution in [0.2, 0.25) is 10.0 Å². The second-order valence-electron chi connectivity index (χ2n) is 4.80. The zero-order valence-corrected chi connectivity index (χ0v) is 14.0. The van der Waals surface area contributed by atoms with Gasteiger partial charge in [-0.15, -0.1) is 0 Å². The molecule has 25 heavy (non-hydrogen) atoms. The summed E-state index contributed by atoms with van der Waals surface area (Å²) < 4.78 is 4.90. The van der Waals surface area contributed by atoms with Crippen molar-refractivity contribution in [2.75, 3.05) is 10.6 Å². The highest BCUT2D eigenvalue weighted by Crippen LogP contribution is 2.25. The maximum absolute atomic E-state index is 12.4. The normalized spacial score (nSPS) is 10.3. The number of carbonyl (C=O) groups excluding carboxylic acids is 2. The Bertz CT molecular complexity index is 909. The molecule has 0 aliphatic carbocycles. The minimum Gasteiger partial charge on any atom is -0.438 e. The first-order chi connectivity index (χ1) is 12.0. The van der Waals surface area contributed by atoms with Crippen LogP contribution in [0.15, 0.2) is 53.5 Å². The van der Waals surface area contributed by atoms with E-state index in [1.807, 2.05) is 0 Å². The minimum absolute atomic E-state index is 0.0408. The van der Waals surface area contributed by atoms with E-state index in [2.05, 4.69) is 20.6 Å². The third-order valence-corrected chi connectivity index (χ3v) is 3.74. The van der Waals surface area contributed by atoms with Gasteiger partial charge in [0.15, 0.2) is 6.39 Å². The quantitative estimate of drug-likeness (QED) is 0.719. The summed E-state index contributed by atoms with van der Waals surface area (Å²) in [5.74, 6) is -0.722. The Labute approximate surface area is 152 Å². The summed E-state index contributed by atoms with van der Waals surface area (Å²) >= 11 is 12.0. The Morgan fingerprint density at radius 2 is 1.80 bits per heavy atom. The standard InChI is InChI=1S/C16H10Cl2N4O3/c17-10-2-1-3-11(18)14(10)16(24)21-9-4-5-20-13(6-9)22-15(23)12-7-19-8-25-12/h1-8H,(H2,20,21,22,23,24). The maximum atomic E-state index is 12.4. The third-order valence-electron chi connectivity index (χ3n) is 3.11. The molecule has 0 aliphatic heterocycles. The predicted molar refractivity (Wildman–Crippen MR) is 93.1 cm³/mol. The number of nitrogens with one attached hydrogen (secondary N) is 2. The molecular weight excluding hydrogens is 367 g/mol. The summed E-state index contributed by atoms with van der Waals surface area (Å²) in [6.45, 7) is 0. The summed E-state index contributed by atoms with van der Waals surface area (Å²) in [7, 11) is 0. The molecule has 2 N–H and O–H groups in total. The highest BCUT2D eigenvalue weighted by atomic mass is 35.5. The lowest BCUT2D eigenvalue weighted by Gasteiger charge is -2.09. The van der Waals surface area contributed by atoms with Crippen molar-refractivity contribution in [2.24, 2.45) is 0 Å². The van der Waals surface area contributed by atoms with Crippen molar-refractivity contribution in [3.05, 3.63) is 70.5 Å². The van der Waals surface area contributed by atoms with Gasteiger partial charge in [-0.25, -0.2) is 9.97 Å². The monoisotopic (exact) mass is 376 g/mol. The largest absolute Gasteiger partial charge is 0.438 e. The molecule has 0 bridgehead atoms. The van der Waals surface area contributed by atoms with E-state index in [9.17, 15) is 9.59 Å². The molecule has 2 amide bonds. The van der Waals surface area contributed by atoms with Crippen LogP contribution >= 0.6 is 23.2 Å². The number of oxazole rings is 1. The molecule has 1 aromatic carbocycles. The van der Waals surface area contributed by atoms with E-state index in [1.165, 1.54) is 18.5 Å². The molecule has 2 aromatic heterocycles. The summed E-state index contributed by atoms with van der Waals surface area (Å²) in [6.07, 6.45) is 3.85. The fourth-order valence-electron chi connectivity index (χ4n) is 1.99. The van der Waals surface area contributed by atoms with Gasteiger partial charge in [0, 0.05) is 18.0 Å². The van der Waals surface area contributed by atoms with E-state index >= 15 is 0 Å². The highest BCUT2D eigenvalue weighted by Gasteiger charge is 2.15. The summed E-state index contributed by atoms with van der Waals surface area (Å²) in [6, 6.07) is 7.82. The molecule has 0 spiro atoms. The van der Waals surface area contributed by atoms with Crippen LogP contribution in [-0.2, 0) is 0 Å². The van der Waals surface area contributed by atoms with Crippen LogP contribution in [0.25, 0.3) is 0 Å². The zero-order valence-electron chi connectivity index (χ0n) is 12.5. The zero-order chi connectivity index (χ0) is 17.8. The Morgan fingerprint density at radius 1 is 1.04 bits per heavy atom. The molecule has 2 heterocycles. The van der Waals surface area contributed by atoms with Crippen molar-refractivity contribution in [3.63, 3.8) is 0 Å². The first kappa shape index (κ1) is 16.9. The molecule has 0 saturated heterocycles. The molecular formula is C16H10Cl2N4O3. The molecule has 126 valence electrons. The lowest BCUT2D eigenvalue weighted by atomic mass is 10.2. The minimum atomic E-state index is -0.511. The number of amides is 2. The lowest BCUT2D eigenvalue weighted by molar-refractivity contribution is 0.0994. The smallest absolute Gasteiger partial charge is 0.294 e. The number of pyridine rings is 1. The molecule has 0 fully saturated rings. The van der Waals surface area contributed by atoms with E-state index in [1.54, 1.807) is 24.3 Å². The van der Waals surface area contributed by atoms with Crippen LogP contribution in [0.3, 0.4) is 0 Å². The summed E-state index contributed by atoms with van der Waals surface area (Å²) in [5, 5.41) is 5.65. The summed E-state index contributed by atoms with van der Waals surface area (Å²) in [5.41, 5.74) is 0.568. The van der Waals surface area contributed by atoms with Crippen LogP contribution in [0.4, 0.5) is 11.5 Å². The first-order valence-corrected chi connectivity index (χ1v) is 7.71. The van der Waals surface area contributed by atoms with Gasteiger partial charge in [0.25, 0.3) is 11.8 Å². The number of rotatable bonds is 4. The molecule has 3 rings (SSSR count). The SMILES string of the molecule is O=C(Nc1cc(NC(=O)c2c(Cl)cccc2Cl)ccn1)c1cnco1. The van der Waals surface area contributed by atoms with E-state index < -0.39 is 11.8 Å². The topological polar surface area (TPSA) is 97.1 Å². The van der Waals surface area contributed by atoms with Gasteiger partial charge in [-0.2, -0.15) is 0 Å². The van der Waals surface area contributed by atoms with Crippen LogP contribution in [-0.4, -0.2) is 21.8 Å². The molecule has 0 aliphatic rings. The van der Waals surface area contributed by atoms with Gasteiger partial charge >= 0.3 is 0 Å². The van der Waals surface area contributed by atoms with Crippen molar-refractivity contribution < 1.29 is 14.0 Å². The molecule has 7 nitrogen and oxygen atoms in total. The lowest BCUT2D eigenvalue weighted by Crippen LogP contribution is -2.15. The van der Waals surface area contributed by atoms with Gasteiger partial charge < -0.3 is 15.1 Å². The van der Waals surface area contributed by atoms with E-state index in [0.29, 0.717) is 5.69 Å². The van der Waals surface area contributed by atoms with Gasteiger partial charge in [-0.05, 0) is 18.2 Å². The second-order valence-corrected chi connectivity index (χ2v) is 5.61. The average Bonchev–Trinajstić information content (AvgIpc) is 3.09. The van der Waals surface area contributed by atoms with E-state index in [4.69, 9.17) is 27.6 Å². The Morgan fingerprint density at radius 3 is 2.48 bits per heavy atom. The van der Waals surface area contributed by atoms with E-state index in [-0.39, 0.29) is 27.2 Å². The van der Waals surface area contributed by atoms with Gasteiger partial charge in [0.1, 0.15) is 5.82 Å². The van der Waals surface area contributed by atoms with E-state index in [0.717, 1.165) is 6.39 Å². The number of benzene rings is 1. The van der Waals surface area contributed by atoms with Crippen molar-refractivity contribution in [2.45, 2.75) is 0 Å². The Balaban J connectivity index is 1.76. The number of aromatic nitrogens is 2. The molecule has 0 saturated carbocycles. The van der Waals surface area contributed by atoms with Gasteiger partial charge in [0.05, 0.1) is 21.8 Å². The Hall–Kier alpha value is -2.90. The predicted octanol–water partition coefficient (Wildman–Crippen LogP) is 3.88.